The molecule has 12 aliphatic carbocycles. The first kappa shape index (κ1) is 59.4. The quantitative estimate of drug-likeness (QED) is 0.116. The van der Waals surface area contributed by atoms with Crippen LogP contribution in [0.25, 0.3) is 0 Å². The van der Waals surface area contributed by atoms with Crippen molar-refractivity contribution in [2.24, 2.45) is 86.8 Å². The Labute approximate surface area is 466 Å². The molecule has 0 amide bonds. The first-order valence-corrected chi connectivity index (χ1v) is 31.2. The molecule has 0 radical (unpaired) electrons. The van der Waals surface area contributed by atoms with Gasteiger partial charge in [0.25, 0.3) is 0 Å². The Morgan fingerprint density at radius 3 is 1.41 bits per heavy atom. The van der Waals surface area contributed by atoms with Gasteiger partial charge in [0.05, 0.1) is 45.2 Å². The van der Waals surface area contributed by atoms with Gasteiger partial charge >= 0.3 is 35.8 Å². The molecule has 13 atom stereocenters. The molecule has 2 aliphatic heterocycles. The summed E-state index contributed by atoms with van der Waals surface area (Å²) in [5.74, 6) is 3.70. The summed E-state index contributed by atoms with van der Waals surface area (Å²) in [6, 6.07) is 0. The Hall–Kier alpha value is -3.26. The molecular formula is C64H100O14. The van der Waals surface area contributed by atoms with E-state index < -0.39 is 27.6 Å². The third kappa shape index (κ3) is 10.7. The molecular weight excluding hydrogens is 993 g/mol. The second-order valence-electron chi connectivity index (χ2n) is 29.9. The number of esters is 6. The summed E-state index contributed by atoms with van der Waals surface area (Å²) in [5, 5.41) is 21.3. The van der Waals surface area contributed by atoms with Crippen LogP contribution in [0, 0.1) is 86.8 Å². The minimum absolute atomic E-state index is 0.0273. The van der Waals surface area contributed by atoms with Crippen LogP contribution in [0.15, 0.2) is 0 Å². The SMILES string of the molecule is CCC(C)(C)C(=O)OC(CC)(CC)C12CC3CC(CC(C3)C1)C2.CCC(C)(C)C(=O)OC12CC3CC(O)(CC(O)(C3)C1)C2.CCC(C)(C)C(=O)OC1C2CC3C(=O)OC1C3C2.CCC(C)C(=O)OC1C2CC3C(=O)OC1C3C2. The summed E-state index contributed by atoms with van der Waals surface area (Å²) in [5.41, 5.74) is -3.62. The van der Waals surface area contributed by atoms with Crippen LogP contribution < -0.4 is 0 Å². The summed E-state index contributed by atoms with van der Waals surface area (Å²) in [6.07, 6.45) is 19.9. The fourth-order valence-electron chi connectivity index (χ4n) is 18.2. The summed E-state index contributed by atoms with van der Waals surface area (Å²) in [7, 11) is 0. The maximum atomic E-state index is 12.9. The van der Waals surface area contributed by atoms with E-state index in [2.05, 4.69) is 20.8 Å². The molecule has 14 heteroatoms. The van der Waals surface area contributed by atoms with Gasteiger partial charge in [-0.15, -0.1) is 0 Å². The fourth-order valence-corrected chi connectivity index (χ4v) is 18.2. The maximum absolute atomic E-state index is 12.9. The van der Waals surface area contributed by atoms with Crippen LogP contribution in [0.2, 0.25) is 0 Å². The molecule has 14 aliphatic rings. The maximum Gasteiger partial charge on any atom is 0.312 e. The van der Waals surface area contributed by atoms with E-state index in [-0.39, 0.29) is 100 Å². The van der Waals surface area contributed by atoms with Crippen LogP contribution >= 0.6 is 0 Å². The molecule has 2 heterocycles. The molecule has 2 N–H and O–H groups in total. The van der Waals surface area contributed by atoms with Gasteiger partial charge in [0.1, 0.15) is 35.6 Å². The van der Waals surface area contributed by atoms with Gasteiger partial charge in [-0.2, -0.15) is 0 Å². The van der Waals surface area contributed by atoms with Crippen LogP contribution in [0.5, 0.6) is 0 Å². The lowest BCUT2D eigenvalue weighted by Gasteiger charge is -2.63. The second kappa shape index (κ2) is 21.2. The van der Waals surface area contributed by atoms with E-state index in [0.29, 0.717) is 42.9 Å². The third-order valence-corrected chi connectivity index (χ3v) is 23.3. The summed E-state index contributed by atoms with van der Waals surface area (Å²) >= 11 is 0. The molecule has 12 bridgehead atoms. The number of hydrogen-bond acceptors (Lipinski definition) is 14. The third-order valence-electron chi connectivity index (χ3n) is 23.3. The standard InChI is InChI=1S/C21H36O2.C16H26O4.C14H20O4.C13H18O4/c1-6-19(4,5)18(22)23-21(7-2,8-3)20-12-15-9-16(13-20)11-17(10-15)14-20;1-4-13(2,3)12(17)20-16-7-11-5-14(18,9-16)8-15(19,6-11)10-16;1-4-14(2,3)13(16)18-10-7-5-8-9(6-7)12(15)17-11(8)10;1-3-6(2)12(14)16-10-7-4-8-9(5-7)13(15)17-11(8)10/h15-17H,6-14H2,1-5H3;11,18-19H,4-10H2,1-3H3;7-11H,4-6H2,1-3H3;6-11H,3-5H2,1-2H3. The number of carbonyl (C=O) groups is 6. The van der Waals surface area contributed by atoms with E-state index in [1.54, 1.807) is 0 Å². The van der Waals surface area contributed by atoms with Crippen molar-refractivity contribution in [3.05, 3.63) is 0 Å². The lowest BCUT2D eigenvalue weighted by atomic mass is 9.44. The van der Waals surface area contributed by atoms with Crippen molar-refractivity contribution in [3.63, 3.8) is 0 Å². The lowest BCUT2D eigenvalue weighted by molar-refractivity contribution is -0.264. The van der Waals surface area contributed by atoms with E-state index in [0.717, 1.165) is 101 Å². The molecule has 14 fully saturated rings. The van der Waals surface area contributed by atoms with Crippen LogP contribution in [-0.4, -0.2) is 92.8 Å². The van der Waals surface area contributed by atoms with Gasteiger partial charge in [-0.25, -0.2) is 0 Å². The van der Waals surface area contributed by atoms with Crippen molar-refractivity contribution >= 4 is 35.8 Å². The van der Waals surface area contributed by atoms with E-state index in [1.807, 2.05) is 69.2 Å². The van der Waals surface area contributed by atoms with Crippen LogP contribution in [0.1, 0.15) is 231 Å². The second-order valence-corrected chi connectivity index (χ2v) is 29.9. The topological polar surface area (TPSA) is 198 Å². The molecule has 78 heavy (non-hydrogen) atoms. The van der Waals surface area contributed by atoms with Crippen molar-refractivity contribution in [2.45, 2.75) is 278 Å². The Morgan fingerprint density at radius 1 is 0.551 bits per heavy atom. The van der Waals surface area contributed by atoms with E-state index >= 15 is 0 Å². The smallest absolute Gasteiger partial charge is 0.312 e. The highest BCUT2D eigenvalue weighted by Crippen LogP contribution is 2.66. The van der Waals surface area contributed by atoms with Crippen LogP contribution in [-0.2, 0) is 57.2 Å². The number of carbonyl (C=O) groups excluding carboxylic acids is 6. The van der Waals surface area contributed by atoms with Crippen LogP contribution in [0.3, 0.4) is 0 Å². The highest BCUT2D eigenvalue weighted by atomic mass is 16.6. The predicted octanol–water partition coefficient (Wildman–Crippen LogP) is 11.3. The molecule has 2 saturated heterocycles. The zero-order chi connectivity index (χ0) is 56.9. The van der Waals surface area contributed by atoms with Gasteiger partial charge in [0.15, 0.2) is 0 Å². The number of aliphatic hydroxyl groups is 2. The van der Waals surface area contributed by atoms with E-state index in [4.69, 9.17) is 28.4 Å². The molecule has 0 aromatic rings. The minimum atomic E-state index is -0.842. The van der Waals surface area contributed by atoms with Crippen molar-refractivity contribution in [3.8, 4) is 0 Å². The normalized spacial score (nSPS) is 41.6. The zero-order valence-corrected chi connectivity index (χ0v) is 50.0. The minimum Gasteiger partial charge on any atom is -0.458 e. The average Bonchev–Trinajstić information content (AvgIpc) is 4.34. The summed E-state index contributed by atoms with van der Waals surface area (Å²) in [4.78, 5) is 72.4. The van der Waals surface area contributed by atoms with Crippen LogP contribution in [0.4, 0.5) is 0 Å². The number of hydrogen-bond donors (Lipinski definition) is 2. The Morgan fingerprint density at radius 2 is 0.987 bits per heavy atom. The van der Waals surface area contributed by atoms with E-state index in [9.17, 15) is 39.0 Å². The Bertz CT molecular complexity index is 2240. The largest absolute Gasteiger partial charge is 0.458 e. The first-order valence-electron chi connectivity index (χ1n) is 31.2. The summed E-state index contributed by atoms with van der Waals surface area (Å²) in [6.45, 7) is 26.0. The molecule has 14 rings (SSSR count). The van der Waals surface area contributed by atoms with Gasteiger partial charge in [-0.1, -0.05) is 48.5 Å². The fraction of sp³-hybridized carbons (Fsp3) is 0.906. The summed E-state index contributed by atoms with van der Waals surface area (Å²) < 4.78 is 34.3. The Kier molecular flexibility index (Phi) is 16.1. The Balaban J connectivity index is 0.000000127. The van der Waals surface area contributed by atoms with Crippen molar-refractivity contribution in [1.29, 1.82) is 0 Å². The number of rotatable bonds is 15. The molecule has 0 aromatic carbocycles. The van der Waals surface area contributed by atoms with Crippen molar-refractivity contribution < 1.29 is 67.4 Å². The van der Waals surface area contributed by atoms with Crippen molar-refractivity contribution in [2.75, 3.05) is 0 Å². The molecule has 0 aromatic heterocycles. The molecule has 12 saturated carbocycles. The van der Waals surface area contributed by atoms with Gasteiger partial charge < -0.3 is 38.6 Å². The first-order chi connectivity index (χ1) is 36.4. The molecule has 13 unspecified atom stereocenters. The van der Waals surface area contributed by atoms with Gasteiger partial charge in [0.2, 0.25) is 0 Å². The van der Waals surface area contributed by atoms with Gasteiger partial charge in [-0.3, -0.25) is 28.8 Å². The monoisotopic (exact) mass is 1090 g/mol. The highest BCUT2D eigenvalue weighted by Gasteiger charge is 2.67. The zero-order valence-electron chi connectivity index (χ0n) is 50.0. The lowest BCUT2D eigenvalue weighted by Crippen LogP contribution is -2.67. The van der Waals surface area contributed by atoms with Crippen molar-refractivity contribution in [1.82, 2.24) is 0 Å². The molecule has 440 valence electrons. The molecule has 14 nitrogen and oxygen atoms in total. The average molecular weight is 1090 g/mol. The van der Waals surface area contributed by atoms with Gasteiger partial charge in [0, 0.05) is 48.3 Å². The highest BCUT2D eigenvalue weighted by molar-refractivity contribution is 5.79. The van der Waals surface area contributed by atoms with Gasteiger partial charge in [-0.05, 0) is 187 Å². The van der Waals surface area contributed by atoms with E-state index in [1.165, 1.54) is 38.5 Å². The molecule has 0 spiro atoms. The number of ether oxygens (including phenoxy) is 6. The number of fused-ring (bicyclic) bond motifs is 2. The predicted molar refractivity (Wildman–Crippen MR) is 291 cm³/mol.